The fourth-order valence-electron chi connectivity index (χ4n) is 4.32. The minimum Gasteiger partial charge on any atom is -0.497 e. The highest BCUT2D eigenvalue weighted by Gasteiger charge is 2.39. The third-order valence-electron chi connectivity index (χ3n) is 6.03. The highest BCUT2D eigenvalue weighted by molar-refractivity contribution is 6.05. The molecule has 0 fully saturated rings. The first-order valence-corrected chi connectivity index (χ1v) is 10.6. The summed E-state index contributed by atoms with van der Waals surface area (Å²) >= 11 is 0. The molecule has 4 aromatic rings. The van der Waals surface area contributed by atoms with Crippen molar-refractivity contribution in [3.63, 3.8) is 0 Å². The Morgan fingerprint density at radius 2 is 1.59 bits per heavy atom. The number of aryl methyl sites for hydroxylation is 1. The van der Waals surface area contributed by atoms with Gasteiger partial charge in [-0.1, -0.05) is 60.2 Å². The molecule has 0 spiro atoms. The summed E-state index contributed by atoms with van der Waals surface area (Å²) in [5, 5.41) is 4.51. The van der Waals surface area contributed by atoms with E-state index in [0.29, 0.717) is 17.9 Å². The summed E-state index contributed by atoms with van der Waals surface area (Å²) in [6.45, 7) is 2.01. The summed E-state index contributed by atoms with van der Waals surface area (Å²) in [7, 11) is 1.66. The average Bonchev–Trinajstić information content (AvgIpc) is 3.33. The number of anilines is 1. The van der Waals surface area contributed by atoms with Crippen molar-refractivity contribution in [2.45, 2.75) is 25.4 Å². The quantitative estimate of drug-likeness (QED) is 0.464. The molecule has 0 saturated carbocycles. The predicted molar refractivity (Wildman–Crippen MR) is 123 cm³/mol. The molecule has 0 N–H and O–H groups in total. The summed E-state index contributed by atoms with van der Waals surface area (Å²) in [6.07, 6.45) is 2.21. The smallest absolute Gasteiger partial charge is 0.261 e. The molecule has 2 unspecified atom stereocenters. The Morgan fingerprint density at radius 3 is 2.28 bits per heavy atom. The van der Waals surface area contributed by atoms with Crippen molar-refractivity contribution in [2.24, 2.45) is 0 Å². The zero-order valence-corrected chi connectivity index (χ0v) is 18.1. The van der Waals surface area contributed by atoms with Gasteiger partial charge in [-0.2, -0.15) is 10.1 Å². The van der Waals surface area contributed by atoms with Gasteiger partial charge in [-0.05, 0) is 48.7 Å². The number of nitrogens with zero attached hydrogens (tertiary/aromatic N) is 4. The lowest BCUT2D eigenvalue weighted by Crippen LogP contribution is -2.42. The van der Waals surface area contributed by atoms with E-state index in [1.807, 2.05) is 66.2 Å². The molecule has 1 amide bonds. The monoisotopic (exact) mass is 424 g/mol. The fraction of sp³-hybridized carbons (Fsp3) is 0.192. The zero-order valence-electron chi connectivity index (χ0n) is 18.1. The first-order valence-electron chi connectivity index (χ1n) is 10.6. The van der Waals surface area contributed by atoms with Crippen molar-refractivity contribution in [3.05, 3.63) is 107 Å². The van der Waals surface area contributed by atoms with Gasteiger partial charge in [0.05, 0.1) is 19.2 Å². The lowest BCUT2D eigenvalue weighted by Gasteiger charge is -2.39. The number of amides is 1. The van der Waals surface area contributed by atoms with Crippen LogP contribution in [0.1, 0.15) is 45.6 Å². The van der Waals surface area contributed by atoms with E-state index in [0.717, 1.165) is 22.4 Å². The Balaban J connectivity index is 1.62. The summed E-state index contributed by atoms with van der Waals surface area (Å²) < 4.78 is 7.17. The second kappa shape index (κ2) is 8.30. The summed E-state index contributed by atoms with van der Waals surface area (Å²) in [5.41, 5.74) is 3.91. The highest BCUT2D eigenvalue weighted by atomic mass is 16.5. The Hall–Kier alpha value is -3.93. The Bertz CT molecular complexity index is 1220. The standard InChI is InChI=1S/C26H24N4O2/c1-18-8-10-21(11-9-18)25(31)29-23(19-6-4-3-5-7-19)16-24(30-26(29)27-17-28-30)20-12-14-22(32-2)15-13-20/h3-15,17,23-24H,16H2,1-2H3. The van der Waals surface area contributed by atoms with E-state index in [4.69, 9.17) is 4.74 Å². The number of hydrogen-bond acceptors (Lipinski definition) is 4. The van der Waals surface area contributed by atoms with Crippen molar-refractivity contribution in [2.75, 3.05) is 12.0 Å². The van der Waals surface area contributed by atoms with Crippen LogP contribution in [0.2, 0.25) is 0 Å². The van der Waals surface area contributed by atoms with E-state index in [1.165, 1.54) is 6.33 Å². The molecule has 1 aliphatic heterocycles. The molecule has 0 saturated heterocycles. The van der Waals surface area contributed by atoms with E-state index in [1.54, 1.807) is 12.0 Å². The minimum absolute atomic E-state index is 0.0503. The van der Waals surface area contributed by atoms with Gasteiger partial charge in [0.1, 0.15) is 12.1 Å². The Labute approximate surface area is 187 Å². The number of carbonyl (C=O) groups excluding carboxylic acids is 1. The van der Waals surface area contributed by atoms with Gasteiger partial charge in [-0.25, -0.2) is 4.68 Å². The molecule has 160 valence electrons. The second-order valence-corrected chi connectivity index (χ2v) is 8.00. The number of hydrogen-bond donors (Lipinski definition) is 0. The van der Waals surface area contributed by atoms with Gasteiger partial charge in [0.2, 0.25) is 5.95 Å². The van der Waals surface area contributed by atoms with Crippen LogP contribution in [0.3, 0.4) is 0 Å². The van der Waals surface area contributed by atoms with Crippen LogP contribution in [0.5, 0.6) is 5.75 Å². The van der Waals surface area contributed by atoms with E-state index < -0.39 is 0 Å². The number of carbonyl (C=O) groups is 1. The van der Waals surface area contributed by atoms with Gasteiger partial charge in [-0.3, -0.25) is 9.69 Å². The largest absolute Gasteiger partial charge is 0.497 e. The topological polar surface area (TPSA) is 60.2 Å². The van der Waals surface area contributed by atoms with Crippen molar-refractivity contribution in [3.8, 4) is 5.75 Å². The van der Waals surface area contributed by atoms with E-state index in [-0.39, 0.29) is 18.0 Å². The third-order valence-corrected chi connectivity index (χ3v) is 6.03. The van der Waals surface area contributed by atoms with Crippen molar-refractivity contribution < 1.29 is 9.53 Å². The molecule has 32 heavy (non-hydrogen) atoms. The summed E-state index contributed by atoms with van der Waals surface area (Å²) in [6, 6.07) is 25.6. The number of fused-ring (bicyclic) bond motifs is 1. The van der Waals surface area contributed by atoms with Crippen LogP contribution in [-0.4, -0.2) is 27.8 Å². The Kier molecular flexibility index (Phi) is 5.19. The van der Waals surface area contributed by atoms with Crippen molar-refractivity contribution >= 4 is 11.9 Å². The average molecular weight is 425 g/mol. The zero-order chi connectivity index (χ0) is 22.1. The van der Waals surface area contributed by atoms with Crippen LogP contribution in [-0.2, 0) is 0 Å². The van der Waals surface area contributed by atoms with Crippen molar-refractivity contribution in [1.29, 1.82) is 0 Å². The van der Waals surface area contributed by atoms with Gasteiger partial charge in [0.25, 0.3) is 5.91 Å². The fourth-order valence-corrected chi connectivity index (χ4v) is 4.32. The summed E-state index contributed by atoms with van der Waals surface area (Å²) in [4.78, 5) is 20.0. The molecule has 0 bridgehead atoms. The van der Waals surface area contributed by atoms with E-state index in [9.17, 15) is 4.79 Å². The first kappa shape index (κ1) is 20.0. The molecule has 3 aromatic carbocycles. The molecule has 5 rings (SSSR count). The Morgan fingerprint density at radius 1 is 0.906 bits per heavy atom. The third kappa shape index (κ3) is 3.54. The summed E-state index contributed by atoms with van der Waals surface area (Å²) in [5.74, 6) is 1.27. The molecule has 6 nitrogen and oxygen atoms in total. The molecule has 2 heterocycles. The number of rotatable bonds is 4. The number of ether oxygens (including phenoxy) is 1. The minimum atomic E-state index is -0.172. The van der Waals surface area contributed by atoms with Crippen LogP contribution in [0, 0.1) is 6.92 Å². The van der Waals surface area contributed by atoms with E-state index >= 15 is 0 Å². The van der Waals surface area contributed by atoms with Crippen LogP contribution in [0.25, 0.3) is 0 Å². The van der Waals surface area contributed by atoms with Gasteiger partial charge < -0.3 is 4.74 Å². The maximum Gasteiger partial charge on any atom is 0.261 e. The predicted octanol–water partition coefficient (Wildman–Crippen LogP) is 4.98. The molecule has 2 atom stereocenters. The molecule has 0 radical (unpaired) electrons. The van der Waals surface area contributed by atoms with Crippen LogP contribution in [0.4, 0.5) is 5.95 Å². The van der Waals surface area contributed by atoms with Crippen LogP contribution >= 0.6 is 0 Å². The molecule has 6 heteroatoms. The molecular weight excluding hydrogens is 400 g/mol. The van der Waals surface area contributed by atoms with Crippen LogP contribution < -0.4 is 9.64 Å². The maximum atomic E-state index is 13.7. The molecular formula is C26H24N4O2. The lowest BCUT2D eigenvalue weighted by molar-refractivity contribution is 0.0963. The number of benzene rings is 3. The SMILES string of the molecule is COc1ccc(C2CC(c3ccccc3)N(C(=O)c3ccc(C)cc3)c3ncnn32)cc1. The van der Waals surface area contributed by atoms with Gasteiger partial charge in [-0.15, -0.1) is 0 Å². The maximum absolute atomic E-state index is 13.7. The van der Waals surface area contributed by atoms with E-state index in [2.05, 4.69) is 34.3 Å². The van der Waals surface area contributed by atoms with Crippen molar-refractivity contribution in [1.82, 2.24) is 14.8 Å². The number of methoxy groups -OCH3 is 1. The van der Waals surface area contributed by atoms with Gasteiger partial charge in [0.15, 0.2) is 0 Å². The number of aromatic nitrogens is 3. The second-order valence-electron chi connectivity index (χ2n) is 8.00. The van der Waals surface area contributed by atoms with Gasteiger partial charge in [0, 0.05) is 5.56 Å². The van der Waals surface area contributed by atoms with Crippen LogP contribution in [0.15, 0.2) is 85.2 Å². The normalized spacial score (nSPS) is 17.6. The molecule has 0 aliphatic carbocycles. The lowest BCUT2D eigenvalue weighted by atomic mass is 9.91. The first-order chi connectivity index (χ1) is 15.7. The van der Waals surface area contributed by atoms with Gasteiger partial charge >= 0.3 is 0 Å². The molecule has 1 aromatic heterocycles. The molecule has 1 aliphatic rings. The highest BCUT2D eigenvalue weighted by Crippen LogP contribution is 2.42.